The van der Waals surface area contributed by atoms with Gasteiger partial charge in [0.25, 0.3) is 0 Å². The van der Waals surface area contributed by atoms with Crippen LogP contribution in [0.2, 0.25) is 0 Å². The molecular formula is C16H23N3O2. The number of nitriles is 1. The minimum Gasteiger partial charge on any atom is -0.493 e. The fraction of sp³-hybridized carbons (Fsp3) is 0.500. The molecule has 0 saturated heterocycles. The molecule has 0 aliphatic heterocycles. The molecule has 0 saturated carbocycles. The van der Waals surface area contributed by atoms with Crippen LogP contribution in [0.3, 0.4) is 0 Å². The highest BCUT2D eigenvalue weighted by molar-refractivity contribution is 5.97. The van der Waals surface area contributed by atoms with Gasteiger partial charge in [0.1, 0.15) is 5.75 Å². The zero-order chi connectivity index (χ0) is 15.7. The Kier molecular flexibility index (Phi) is 6.70. The van der Waals surface area contributed by atoms with E-state index in [2.05, 4.69) is 11.4 Å². The van der Waals surface area contributed by atoms with E-state index >= 15 is 0 Å². The topological polar surface area (TPSA) is 88.1 Å². The summed E-state index contributed by atoms with van der Waals surface area (Å²) in [6.45, 7) is 4.21. The van der Waals surface area contributed by atoms with E-state index in [0.29, 0.717) is 37.3 Å². The van der Waals surface area contributed by atoms with Gasteiger partial charge in [-0.15, -0.1) is 0 Å². The number of carbonyl (C=O) groups excluding carboxylic acids is 1. The van der Waals surface area contributed by atoms with E-state index in [4.69, 9.17) is 15.7 Å². The van der Waals surface area contributed by atoms with Crippen molar-refractivity contribution in [1.82, 2.24) is 0 Å². The van der Waals surface area contributed by atoms with Crippen molar-refractivity contribution in [2.45, 2.75) is 45.1 Å². The van der Waals surface area contributed by atoms with Crippen molar-refractivity contribution in [3.63, 3.8) is 0 Å². The summed E-state index contributed by atoms with van der Waals surface area (Å²) in [6.07, 6.45) is 2.63. The molecule has 5 nitrogen and oxygen atoms in total. The van der Waals surface area contributed by atoms with E-state index < -0.39 is 5.54 Å². The van der Waals surface area contributed by atoms with Crippen molar-refractivity contribution in [2.24, 2.45) is 5.73 Å². The lowest BCUT2D eigenvalue weighted by Crippen LogP contribution is -2.48. The number of unbranched alkanes of at least 4 members (excludes halogenated alkanes) is 1. The van der Waals surface area contributed by atoms with Crippen LogP contribution in [0.25, 0.3) is 0 Å². The van der Waals surface area contributed by atoms with Gasteiger partial charge in [-0.25, -0.2) is 0 Å². The maximum absolute atomic E-state index is 12.1. The quantitative estimate of drug-likeness (QED) is 0.720. The van der Waals surface area contributed by atoms with Crippen LogP contribution in [-0.2, 0) is 4.79 Å². The van der Waals surface area contributed by atoms with Gasteiger partial charge in [0.2, 0.25) is 5.91 Å². The van der Waals surface area contributed by atoms with Crippen molar-refractivity contribution >= 4 is 11.6 Å². The van der Waals surface area contributed by atoms with Crippen molar-refractivity contribution in [1.29, 1.82) is 5.26 Å². The van der Waals surface area contributed by atoms with Crippen LogP contribution < -0.4 is 15.8 Å². The van der Waals surface area contributed by atoms with Crippen molar-refractivity contribution in [2.75, 3.05) is 11.9 Å². The predicted octanol–water partition coefficient (Wildman–Crippen LogP) is 2.83. The van der Waals surface area contributed by atoms with Gasteiger partial charge in [-0.3, -0.25) is 4.79 Å². The molecule has 1 rings (SSSR count). The van der Waals surface area contributed by atoms with Crippen LogP contribution in [-0.4, -0.2) is 18.1 Å². The number of ether oxygens (including phenoxy) is 1. The normalized spacial score (nSPS) is 13.0. The summed E-state index contributed by atoms with van der Waals surface area (Å²) in [5.41, 5.74) is 5.78. The Hall–Kier alpha value is -2.06. The van der Waals surface area contributed by atoms with E-state index in [1.165, 1.54) is 0 Å². The maximum atomic E-state index is 12.1. The summed E-state index contributed by atoms with van der Waals surface area (Å²) in [4.78, 5) is 12.1. The second-order valence-corrected chi connectivity index (χ2v) is 5.26. The van der Waals surface area contributed by atoms with Crippen LogP contribution in [0.15, 0.2) is 24.3 Å². The minimum atomic E-state index is -0.877. The first-order valence-electron chi connectivity index (χ1n) is 7.19. The summed E-state index contributed by atoms with van der Waals surface area (Å²) in [6, 6.07) is 9.24. The Balaban J connectivity index is 2.60. The third-order valence-electron chi connectivity index (χ3n) is 3.08. The Labute approximate surface area is 126 Å². The van der Waals surface area contributed by atoms with Crippen molar-refractivity contribution in [3.05, 3.63) is 24.3 Å². The average molecular weight is 289 g/mol. The molecule has 1 amide bonds. The molecule has 21 heavy (non-hydrogen) atoms. The average Bonchev–Trinajstić information content (AvgIpc) is 2.44. The smallest absolute Gasteiger partial charge is 0.244 e. The maximum Gasteiger partial charge on any atom is 0.244 e. The van der Waals surface area contributed by atoms with Crippen LogP contribution >= 0.6 is 0 Å². The molecule has 0 aliphatic carbocycles. The van der Waals surface area contributed by atoms with Crippen LogP contribution in [0.1, 0.15) is 39.5 Å². The first-order valence-corrected chi connectivity index (χ1v) is 7.19. The summed E-state index contributed by atoms with van der Waals surface area (Å²) in [7, 11) is 0. The van der Waals surface area contributed by atoms with Gasteiger partial charge in [-0.05, 0) is 31.9 Å². The number of nitrogens with zero attached hydrogens (tertiary/aromatic N) is 1. The van der Waals surface area contributed by atoms with Crippen LogP contribution in [0.4, 0.5) is 5.69 Å². The first-order chi connectivity index (χ1) is 9.99. The molecule has 1 aromatic rings. The molecule has 1 atom stereocenters. The monoisotopic (exact) mass is 289 g/mol. The summed E-state index contributed by atoms with van der Waals surface area (Å²) in [5, 5.41) is 11.3. The Morgan fingerprint density at radius 3 is 2.95 bits per heavy atom. The second kappa shape index (κ2) is 8.28. The molecule has 0 aromatic heterocycles. The number of rotatable bonds is 8. The second-order valence-electron chi connectivity index (χ2n) is 5.26. The zero-order valence-electron chi connectivity index (χ0n) is 12.7. The molecule has 5 heteroatoms. The fourth-order valence-corrected chi connectivity index (χ4v) is 1.91. The number of nitrogens with two attached hydrogens (primary N) is 1. The highest BCUT2D eigenvalue weighted by atomic mass is 16.5. The van der Waals surface area contributed by atoms with Gasteiger partial charge in [-0.1, -0.05) is 19.4 Å². The lowest BCUT2D eigenvalue weighted by molar-refractivity contribution is -0.120. The number of benzene rings is 1. The summed E-state index contributed by atoms with van der Waals surface area (Å²) in [5.74, 6) is 0.464. The summed E-state index contributed by atoms with van der Waals surface area (Å²) >= 11 is 0. The van der Waals surface area contributed by atoms with Gasteiger partial charge in [0, 0.05) is 18.2 Å². The van der Waals surface area contributed by atoms with Gasteiger partial charge in [0.05, 0.1) is 18.2 Å². The Bertz CT molecular complexity index is 506. The third-order valence-corrected chi connectivity index (χ3v) is 3.08. The largest absolute Gasteiger partial charge is 0.493 e. The molecule has 1 unspecified atom stereocenters. The van der Waals surface area contributed by atoms with Gasteiger partial charge in [-0.2, -0.15) is 5.26 Å². The van der Waals surface area contributed by atoms with Crippen molar-refractivity contribution < 1.29 is 9.53 Å². The Morgan fingerprint density at radius 1 is 1.52 bits per heavy atom. The summed E-state index contributed by atoms with van der Waals surface area (Å²) < 4.78 is 5.53. The number of nitrogens with one attached hydrogen (secondary N) is 1. The molecule has 1 aromatic carbocycles. The lowest BCUT2D eigenvalue weighted by atomic mass is 9.96. The number of hydrogen-bond acceptors (Lipinski definition) is 4. The molecule has 0 heterocycles. The SMILES string of the molecule is CCCC(C)(N)C(=O)Nc1cccc(OCCCC#N)c1. The standard InChI is InChI=1S/C16H23N3O2/c1-3-9-16(2,18)15(20)19-13-7-6-8-14(12-13)21-11-5-4-10-17/h6-8,12H,3-5,9,11,18H2,1-2H3,(H,19,20). The lowest BCUT2D eigenvalue weighted by Gasteiger charge is -2.23. The highest BCUT2D eigenvalue weighted by Gasteiger charge is 2.27. The fourth-order valence-electron chi connectivity index (χ4n) is 1.91. The van der Waals surface area contributed by atoms with E-state index in [9.17, 15) is 4.79 Å². The van der Waals surface area contributed by atoms with Crippen LogP contribution in [0.5, 0.6) is 5.75 Å². The molecule has 3 N–H and O–H groups in total. The van der Waals surface area contributed by atoms with Gasteiger partial charge >= 0.3 is 0 Å². The molecule has 114 valence electrons. The molecule has 0 radical (unpaired) electrons. The van der Waals surface area contributed by atoms with Crippen molar-refractivity contribution in [3.8, 4) is 11.8 Å². The number of anilines is 1. The minimum absolute atomic E-state index is 0.203. The number of hydrogen-bond donors (Lipinski definition) is 2. The third kappa shape index (κ3) is 5.84. The molecular weight excluding hydrogens is 266 g/mol. The molecule has 0 fully saturated rings. The Morgan fingerprint density at radius 2 is 2.29 bits per heavy atom. The van der Waals surface area contributed by atoms with E-state index in [-0.39, 0.29) is 5.91 Å². The predicted molar refractivity (Wildman–Crippen MR) is 82.9 cm³/mol. The zero-order valence-corrected chi connectivity index (χ0v) is 12.7. The first kappa shape index (κ1) is 17.0. The number of carbonyl (C=O) groups is 1. The number of amides is 1. The highest BCUT2D eigenvalue weighted by Crippen LogP contribution is 2.19. The molecule has 0 aliphatic rings. The van der Waals surface area contributed by atoms with E-state index in [0.717, 1.165) is 6.42 Å². The van der Waals surface area contributed by atoms with E-state index in [1.54, 1.807) is 19.1 Å². The molecule has 0 spiro atoms. The molecule has 0 bridgehead atoms. The van der Waals surface area contributed by atoms with E-state index in [1.807, 2.05) is 19.1 Å². The van der Waals surface area contributed by atoms with Crippen LogP contribution in [0, 0.1) is 11.3 Å². The van der Waals surface area contributed by atoms with Gasteiger partial charge < -0.3 is 15.8 Å². The van der Waals surface area contributed by atoms with Gasteiger partial charge in [0.15, 0.2) is 0 Å².